The number of ether oxygens (including phenoxy) is 1. The van der Waals surface area contributed by atoms with E-state index in [2.05, 4.69) is 18.9 Å². The van der Waals surface area contributed by atoms with Crippen molar-refractivity contribution in [3.05, 3.63) is 51.8 Å². The first kappa shape index (κ1) is 22.0. The van der Waals surface area contributed by atoms with Gasteiger partial charge in [-0.1, -0.05) is 37.6 Å². The van der Waals surface area contributed by atoms with E-state index >= 15 is 0 Å². The van der Waals surface area contributed by atoms with Crippen LogP contribution in [0.15, 0.2) is 24.3 Å². The monoisotopic (exact) mass is 405 g/mol. The maximum atomic E-state index is 13.0. The van der Waals surface area contributed by atoms with Crippen LogP contribution in [0.25, 0.3) is 0 Å². The molecule has 0 bridgehead atoms. The quantitative estimate of drug-likeness (QED) is 0.630. The Balaban J connectivity index is 2.21. The second kappa shape index (κ2) is 9.73. The number of carbonyl (C=O) groups is 2. The molecule has 1 aromatic heterocycles. The third kappa shape index (κ3) is 5.83. The highest BCUT2D eigenvalue weighted by Crippen LogP contribution is 2.18. The van der Waals surface area contributed by atoms with Crippen molar-refractivity contribution in [3.63, 3.8) is 0 Å². The largest absolute Gasteiger partial charge is 0.468 e. The molecule has 0 unspecified atom stereocenters. The van der Waals surface area contributed by atoms with Crippen LogP contribution in [0, 0.1) is 19.8 Å². The van der Waals surface area contributed by atoms with Gasteiger partial charge >= 0.3 is 5.97 Å². The first-order chi connectivity index (χ1) is 13.2. The zero-order valence-corrected chi connectivity index (χ0v) is 17.9. The SMILES string of the molecule is COC(=O)CN(Cc1ccc(Cl)cc1)C(=O)Cc1c(C)nn(CC(C)C)c1C. The zero-order chi connectivity index (χ0) is 20.8. The van der Waals surface area contributed by atoms with Crippen LogP contribution in [0.2, 0.25) is 5.02 Å². The van der Waals surface area contributed by atoms with Gasteiger partial charge in [-0.3, -0.25) is 14.3 Å². The predicted octanol–water partition coefficient (Wildman–Crippen LogP) is 3.55. The molecule has 0 saturated heterocycles. The van der Waals surface area contributed by atoms with Crippen LogP contribution in [-0.4, -0.2) is 40.2 Å². The van der Waals surface area contributed by atoms with Crippen molar-refractivity contribution >= 4 is 23.5 Å². The minimum absolute atomic E-state index is 0.101. The number of amides is 1. The normalized spacial score (nSPS) is 11.0. The highest BCUT2D eigenvalue weighted by atomic mass is 35.5. The van der Waals surface area contributed by atoms with Gasteiger partial charge < -0.3 is 9.64 Å². The van der Waals surface area contributed by atoms with Gasteiger partial charge in [-0.2, -0.15) is 5.10 Å². The molecule has 0 fully saturated rings. The van der Waals surface area contributed by atoms with Gasteiger partial charge in [0.15, 0.2) is 0 Å². The Labute approximate surface area is 171 Å². The number of rotatable bonds is 8. The number of methoxy groups -OCH3 is 1. The first-order valence-electron chi connectivity index (χ1n) is 9.33. The van der Waals surface area contributed by atoms with E-state index in [9.17, 15) is 9.59 Å². The van der Waals surface area contributed by atoms with Crippen molar-refractivity contribution in [2.45, 2.75) is 47.2 Å². The Bertz CT molecular complexity index is 828. The standard InChI is InChI=1S/C21H28ClN3O3/c1-14(2)11-25-16(4)19(15(3)23-25)10-20(26)24(13-21(27)28-5)12-17-6-8-18(22)9-7-17/h6-9,14H,10-13H2,1-5H3. The lowest BCUT2D eigenvalue weighted by Gasteiger charge is -2.22. The minimum Gasteiger partial charge on any atom is -0.468 e. The van der Waals surface area contributed by atoms with Crippen molar-refractivity contribution < 1.29 is 14.3 Å². The molecule has 2 rings (SSSR count). The van der Waals surface area contributed by atoms with Crippen LogP contribution in [-0.2, 0) is 33.8 Å². The molecular formula is C21H28ClN3O3. The Morgan fingerprint density at radius 1 is 1.21 bits per heavy atom. The molecule has 0 aliphatic heterocycles. The molecule has 28 heavy (non-hydrogen) atoms. The lowest BCUT2D eigenvalue weighted by Crippen LogP contribution is -2.36. The van der Waals surface area contributed by atoms with E-state index in [1.54, 1.807) is 12.1 Å². The van der Waals surface area contributed by atoms with E-state index in [-0.39, 0.29) is 18.9 Å². The molecule has 0 aliphatic rings. The molecule has 0 saturated carbocycles. The molecule has 1 aromatic carbocycles. The molecular weight excluding hydrogens is 378 g/mol. The van der Waals surface area contributed by atoms with Gasteiger partial charge in [0.05, 0.1) is 19.2 Å². The van der Waals surface area contributed by atoms with Crippen LogP contribution in [0.5, 0.6) is 0 Å². The molecule has 1 amide bonds. The average molecular weight is 406 g/mol. The van der Waals surface area contributed by atoms with Crippen LogP contribution in [0.1, 0.15) is 36.4 Å². The maximum Gasteiger partial charge on any atom is 0.325 e. The van der Waals surface area contributed by atoms with Gasteiger partial charge in [-0.15, -0.1) is 0 Å². The molecule has 152 valence electrons. The fraction of sp³-hybridized carbons (Fsp3) is 0.476. The molecule has 0 aliphatic carbocycles. The van der Waals surface area contributed by atoms with Crippen molar-refractivity contribution in [1.82, 2.24) is 14.7 Å². The molecule has 2 aromatic rings. The molecule has 0 atom stereocenters. The summed E-state index contributed by atoms with van der Waals surface area (Å²) in [5.41, 5.74) is 3.64. The van der Waals surface area contributed by atoms with Gasteiger partial charge in [0.2, 0.25) is 5.91 Å². The van der Waals surface area contributed by atoms with E-state index < -0.39 is 5.97 Å². The van der Waals surface area contributed by atoms with E-state index in [0.29, 0.717) is 17.5 Å². The summed E-state index contributed by atoms with van der Waals surface area (Å²) in [5.74, 6) is -0.135. The number of hydrogen-bond acceptors (Lipinski definition) is 4. The summed E-state index contributed by atoms with van der Waals surface area (Å²) in [7, 11) is 1.32. The smallest absolute Gasteiger partial charge is 0.325 e. The highest BCUT2D eigenvalue weighted by Gasteiger charge is 2.22. The van der Waals surface area contributed by atoms with Gasteiger partial charge in [-0.25, -0.2) is 0 Å². The molecule has 7 heteroatoms. The summed E-state index contributed by atoms with van der Waals surface area (Å²) < 4.78 is 6.71. The molecule has 1 heterocycles. The number of carbonyl (C=O) groups excluding carboxylic acids is 2. The Morgan fingerprint density at radius 2 is 1.86 bits per heavy atom. The van der Waals surface area contributed by atoms with E-state index in [1.807, 2.05) is 30.7 Å². The predicted molar refractivity (Wildman–Crippen MR) is 109 cm³/mol. The summed E-state index contributed by atoms with van der Waals surface area (Å²) in [6.07, 6.45) is 0.195. The van der Waals surface area contributed by atoms with E-state index in [0.717, 1.165) is 29.1 Å². The molecule has 6 nitrogen and oxygen atoms in total. The Kier molecular flexibility index (Phi) is 7.63. The van der Waals surface area contributed by atoms with E-state index in [4.69, 9.17) is 16.3 Å². The van der Waals surface area contributed by atoms with Gasteiger partial charge in [-0.05, 0) is 37.5 Å². The summed E-state index contributed by atoms with van der Waals surface area (Å²) in [5, 5.41) is 5.20. The minimum atomic E-state index is -0.453. The number of esters is 1. The van der Waals surface area contributed by atoms with Crippen LogP contribution < -0.4 is 0 Å². The van der Waals surface area contributed by atoms with Crippen molar-refractivity contribution in [2.75, 3.05) is 13.7 Å². The van der Waals surface area contributed by atoms with Crippen molar-refractivity contribution in [1.29, 1.82) is 0 Å². The van der Waals surface area contributed by atoms with Crippen molar-refractivity contribution in [2.24, 2.45) is 5.92 Å². The number of aryl methyl sites for hydroxylation is 1. The lowest BCUT2D eigenvalue weighted by molar-refractivity contribution is -0.147. The van der Waals surface area contributed by atoms with Gasteiger partial charge in [0.1, 0.15) is 6.54 Å². The summed E-state index contributed by atoms with van der Waals surface area (Å²) in [6, 6.07) is 7.22. The third-order valence-electron chi connectivity index (χ3n) is 4.58. The second-order valence-electron chi connectivity index (χ2n) is 7.35. The summed E-state index contributed by atoms with van der Waals surface area (Å²) in [6.45, 7) is 9.17. The fourth-order valence-corrected chi connectivity index (χ4v) is 3.17. The topological polar surface area (TPSA) is 64.4 Å². The number of benzene rings is 1. The first-order valence-corrected chi connectivity index (χ1v) is 9.71. The number of nitrogens with zero attached hydrogens (tertiary/aromatic N) is 3. The van der Waals surface area contributed by atoms with Crippen LogP contribution in [0.4, 0.5) is 0 Å². The van der Waals surface area contributed by atoms with Crippen LogP contribution in [0.3, 0.4) is 0 Å². The zero-order valence-electron chi connectivity index (χ0n) is 17.2. The van der Waals surface area contributed by atoms with Gasteiger partial charge in [0.25, 0.3) is 0 Å². The third-order valence-corrected chi connectivity index (χ3v) is 4.84. The fourth-order valence-electron chi connectivity index (χ4n) is 3.04. The molecule has 0 N–H and O–H groups in total. The Hall–Kier alpha value is -2.34. The molecule has 0 spiro atoms. The number of aromatic nitrogens is 2. The molecule has 0 radical (unpaired) electrons. The average Bonchev–Trinajstić information content (AvgIpc) is 2.89. The summed E-state index contributed by atoms with van der Waals surface area (Å²) >= 11 is 5.93. The maximum absolute atomic E-state index is 13.0. The van der Waals surface area contributed by atoms with E-state index in [1.165, 1.54) is 12.0 Å². The van der Waals surface area contributed by atoms with Gasteiger partial charge in [0, 0.05) is 29.4 Å². The second-order valence-corrected chi connectivity index (χ2v) is 7.79. The van der Waals surface area contributed by atoms with Crippen LogP contribution >= 0.6 is 11.6 Å². The Morgan fingerprint density at radius 3 is 2.43 bits per heavy atom. The lowest BCUT2D eigenvalue weighted by atomic mass is 10.1. The van der Waals surface area contributed by atoms with Crippen molar-refractivity contribution in [3.8, 4) is 0 Å². The number of hydrogen-bond donors (Lipinski definition) is 0. The number of halogens is 1. The highest BCUT2D eigenvalue weighted by molar-refractivity contribution is 6.30. The summed E-state index contributed by atoms with van der Waals surface area (Å²) in [4.78, 5) is 26.4.